The van der Waals surface area contributed by atoms with Crippen molar-refractivity contribution in [3.8, 4) is 5.75 Å². The zero-order chi connectivity index (χ0) is 12.1. The Labute approximate surface area is 101 Å². The van der Waals surface area contributed by atoms with E-state index < -0.39 is 0 Å². The van der Waals surface area contributed by atoms with Gasteiger partial charge in [0.15, 0.2) is 5.78 Å². The highest BCUT2D eigenvalue weighted by molar-refractivity contribution is 6.32. The average molecular weight is 242 g/mol. The Morgan fingerprint density at radius 3 is 2.69 bits per heavy atom. The number of Topliss-reactive ketones (excluding diaryl/α,β-unsaturated/α-hetero) is 1. The first-order valence-electron chi connectivity index (χ1n) is 5.23. The van der Waals surface area contributed by atoms with Gasteiger partial charge in [0.1, 0.15) is 5.75 Å². The highest BCUT2D eigenvalue weighted by Gasteiger charge is 2.12. The van der Waals surface area contributed by atoms with Crippen LogP contribution in [0.4, 0.5) is 0 Å². The van der Waals surface area contributed by atoms with E-state index in [-0.39, 0.29) is 5.78 Å². The lowest BCUT2D eigenvalue weighted by Crippen LogP contribution is -2.09. The molecule has 0 saturated carbocycles. The van der Waals surface area contributed by atoms with Crippen LogP contribution in [0.5, 0.6) is 5.75 Å². The number of carbonyl (C=O) groups excluding carboxylic acids is 1. The van der Waals surface area contributed by atoms with Crippen LogP contribution in [0.1, 0.15) is 29.3 Å². The van der Waals surface area contributed by atoms with E-state index in [0.717, 1.165) is 12.0 Å². The quantitative estimate of drug-likeness (QED) is 0.806. The standard InChI is InChI=1S/C12H16ClNO2/c1-3-8-6-9(11(15)4-5-14)7-10(13)12(8)16-2/h6-7H,3-5,14H2,1-2H3. The van der Waals surface area contributed by atoms with Crippen molar-refractivity contribution in [3.05, 3.63) is 28.3 Å². The van der Waals surface area contributed by atoms with Crippen LogP contribution in [0, 0.1) is 0 Å². The Balaban J connectivity index is 3.15. The SMILES string of the molecule is CCc1cc(C(=O)CCN)cc(Cl)c1OC. The molecule has 3 nitrogen and oxygen atoms in total. The molecule has 0 atom stereocenters. The zero-order valence-corrected chi connectivity index (χ0v) is 10.3. The van der Waals surface area contributed by atoms with Gasteiger partial charge in [-0.1, -0.05) is 18.5 Å². The molecule has 0 saturated heterocycles. The van der Waals surface area contributed by atoms with Crippen molar-refractivity contribution in [2.45, 2.75) is 19.8 Å². The highest BCUT2D eigenvalue weighted by Crippen LogP contribution is 2.30. The third kappa shape index (κ3) is 2.74. The van der Waals surface area contributed by atoms with Gasteiger partial charge in [0.25, 0.3) is 0 Å². The molecule has 0 fully saturated rings. The van der Waals surface area contributed by atoms with Gasteiger partial charge < -0.3 is 10.5 Å². The third-order valence-electron chi connectivity index (χ3n) is 2.40. The molecular weight excluding hydrogens is 226 g/mol. The van der Waals surface area contributed by atoms with Crippen LogP contribution < -0.4 is 10.5 Å². The van der Waals surface area contributed by atoms with E-state index in [1.54, 1.807) is 13.2 Å². The monoisotopic (exact) mass is 241 g/mol. The average Bonchev–Trinajstić information content (AvgIpc) is 2.28. The smallest absolute Gasteiger partial charge is 0.164 e. The summed E-state index contributed by atoms with van der Waals surface area (Å²) in [6.07, 6.45) is 1.11. The molecule has 0 radical (unpaired) electrons. The number of hydrogen-bond donors (Lipinski definition) is 1. The molecule has 1 rings (SSSR count). The van der Waals surface area contributed by atoms with Crippen molar-refractivity contribution >= 4 is 17.4 Å². The van der Waals surface area contributed by atoms with Crippen LogP contribution in [0.2, 0.25) is 5.02 Å². The van der Waals surface area contributed by atoms with Crippen LogP contribution in [-0.4, -0.2) is 19.4 Å². The predicted octanol–water partition coefficient (Wildman–Crippen LogP) is 2.44. The minimum Gasteiger partial charge on any atom is -0.495 e. The second kappa shape index (κ2) is 5.87. The Kier molecular flexibility index (Phi) is 4.77. The van der Waals surface area contributed by atoms with E-state index in [1.165, 1.54) is 0 Å². The molecule has 0 aliphatic carbocycles. The molecule has 0 unspecified atom stereocenters. The van der Waals surface area contributed by atoms with E-state index >= 15 is 0 Å². The topological polar surface area (TPSA) is 52.3 Å². The molecule has 2 N–H and O–H groups in total. The summed E-state index contributed by atoms with van der Waals surface area (Å²) in [7, 11) is 1.57. The van der Waals surface area contributed by atoms with Crippen molar-refractivity contribution in [2.75, 3.05) is 13.7 Å². The molecule has 88 valence electrons. The number of methoxy groups -OCH3 is 1. The molecule has 1 aromatic carbocycles. The Morgan fingerprint density at radius 1 is 1.50 bits per heavy atom. The number of halogens is 1. The van der Waals surface area contributed by atoms with Gasteiger partial charge in [-0.3, -0.25) is 4.79 Å². The van der Waals surface area contributed by atoms with Gasteiger partial charge in [0.2, 0.25) is 0 Å². The molecule has 4 heteroatoms. The lowest BCUT2D eigenvalue weighted by Gasteiger charge is -2.11. The summed E-state index contributed by atoms with van der Waals surface area (Å²) in [6.45, 7) is 2.34. The zero-order valence-electron chi connectivity index (χ0n) is 9.55. The van der Waals surface area contributed by atoms with E-state index in [1.807, 2.05) is 13.0 Å². The van der Waals surface area contributed by atoms with Crippen LogP contribution in [0.25, 0.3) is 0 Å². The van der Waals surface area contributed by atoms with Crippen molar-refractivity contribution in [3.63, 3.8) is 0 Å². The fourth-order valence-electron chi connectivity index (χ4n) is 1.58. The van der Waals surface area contributed by atoms with Crippen molar-refractivity contribution in [1.82, 2.24) is 0 Å². The van der Waals surface area contributed by atoms with Crippen molar-refractivity contribution in [1.29, 1.82) is 0 Å². The van der Waals surface area contributed by atoms with Gasteiger partial charge in [-0.15, -0.1) is 0 Å². The van der Waals surface area contributed by atoms with Crippen LogP contribution in [0.15, 0.2) is 12.1 Å². The van der Waals surface area contributed by atoms with E-state index in [4.69, 9.17) is 22.1 Å². The predicted molar refractivity (Wildman–Crippen MR) is 65.4 cm³/mol. The molecule has 0 aliphatic rings. The maximum atomic E-state index is 11.7. The normalized spacial score (nSPS) is 10.2. The number of carbonyl (C=O) groups is 1. The second-order valence-electron chi connectivity index (χ2n) is 3.47. The first-order chi connectivity index (χ1) is 7.63. The van der Waals surface area contributed by atoms with Crippen molar-refractivity contribution < 1.29 is 9.53 Å². The van der Waals surface area contributed by atoms with E-state index in [9.17, 15) is 4.79 Å². The molecule has 0 amide bonds. The van der Waals surface area contributed by atoms with Gasteiger partial charge in [0, 0.05) is 12.0 Å². The van der Waals surface area contributed by atoms with Gasteiger partial charge >= 0.3 is 0 Å². The Hall–Kier alpha value is -1.06. The summed E-state index contributed by atoms with van der Waals surface area (Å²) >= 11 is 6.05. The molecule has 0 aliphatic heterocycles. The van der Waals surface area contributed by atoms with Crippen LogP contribution >= 0.6 is 11.6 Å². The Bertz CT molecular complexity index is 391. The lowest BCUT2D eigenvalue weighted by molar-refractivity contribution is 0.0985. The number of hydrogen-bond acceptors (Lipinski definition) is 3. The number of aryl methyl sites for hydroxylation is 1. The minimum absolute atomic E-state index is 0.0155. The molecule has 0 bridgehead atoms. The summed E-state index contributed by atoms with van der Waals surface area (Å²) in [5.41, 5.74) is 6.90. The molecule has 0 aromatic heterocycles. The molecule has 0 spiro atoms. The number of benzene rings is 1. The van der Waals surface area contributed by atoms with Crippen LogP contribution in [0.3, 0.4) is 0 Å². The first kappa shape index (κ1) is 13.0. The molecule has 0 heterocycles. The summed E-state index contributed by atoms with van der Waals surface area (Å²) in [4.78, 5) is 11.7. The molecule has 1 aromatic rings. The minimum atomic E-state index is 0.0155. The Morgan fingerprint density at radius 2 is 2.19 bits per heavy atom. The highest BCUT2D eigenvalue weighted by atomic mass is 35.5. The first-order valence-corrected chi connectivity index (χ1v) is 5.61. The number of rotatable bonds is 5. The summed E-state index contributed by atoms with van der Waals surface area (Å²) in [5.74, 6) is 0.662. The fraction of sp³-hybridized carbons (Fsp3) is 0.417. The summed E-state index contributed by atoms with van der Waals surface area (Å²) < 4.78 is 5.19. The van der Waals surface area contributed by atoms with Gasteiger partial charge in [-0.2, -0.15) is 0 Å². The summed E-state index contributed by atoms with van der Waals surface area (Å²) in [6, 6.07) is 3.46. The maximum Gasteiger partial charge on any atom is 0.164 e. The van der Waals surface area contributed by atoms with Crippen LogP contribution in [-0.2, 0) is 6.42 Å². The number of nitrogens with two attached hydrogens (primary N) is 1. The largest absolute Gasteiger partial charge is 0.495 e. The van der Waals surface area contributed by atoms with Gasteiger partial charge in [-0.25, -0.2) is 0 Å². The van der Waals surface area contributed by atoms with Gasteiger partial charge in [-0.05, 0) is 30.7 Å². The van der Waals surface area contributed by atoms with E-state index in [0.29, 0.717) is 29.3 Å². The number of ketones is 1. The lowest BCUT2D eigenvalue weighted by atomic mass is 10.0. The second-order valence-corrected chi connectivity index (χ2v) is 3.87. The number of ether oxygens (including phenoxy) is 1. The molecule has 16 heavy (non-hydrogen) atoms. The summed E-state index contributed by atoms with van der Waals surface area (Å²) in [5, 5.41) is 0.474. The third-order valence-corrected chi connectivity index (χ3v) is 2.68. The maximum absolute atomic E-state index is 11.7. The fourth-order valence-corrected chi connectivity index (χ4v) is 1.89. The van der Waals surface area contributed by atoms with Gasteiger partial charge in [0.05, 0.1) is 12.1 Å². The molecular formula is C12H16ClNO2. The van der Waals surface area contributed by atoms with Crippen molar-refractivity contribution in [2.24, 2.45) is 5.73 Å². The van der Waals surface area contributed by atoms with E-state index in [2.05, 4.69) is 0 Å².